The molecule has 1 saturated heterocycles. The average Bonchev–Trinajstić information content (AvgIpc) is 3.37. The Kier molecular flexibility index (Phi) is 7.18. The van der Waals surface area contributed by atoms with Gasteiger partial charge in [-0.2, -0.15) is 0 Å². The van der Waals surface area contributed by atoms with Gasteiger partial charge in [0, 0.05) is 11.1 Å². The molecule has 0 N–H and O–H groups in total. The Morgan fingerprint density at radius 2 is 1.91 bits per heavy atom. The molecular formula is C23H20ClNO8S. The maximum absolute atomic E-state index is 13.0. The Balaban J connectivity index is 1.52. The number of esters is 1. The molecule has 2 amide bonds. The normalized spacial score (nSPS) is 15.7. The van der Waals surface area contributed by atoms with Crippen molar-refractivity contribution < 1.29 is 38.1 Å². The first-order chi connectivity index (χ1) is 16.4. The molecule has 2 aromatic rings. The smallest absolute Gasteiger partial charge is 0.343 e. The van der Waals surface area contributed by atoms with Gasteiger partial charge in [-0.05, 0) is 54.1 Å². The topological polar surface area (TPSA) is 101 Å². The number of methoxy groups -OCH3 is 1. The first-order valence-corrected chi connectivity index (χ1v) is 11.4. The van der Waals surface area contributed by atoms with Crippen LogP contribution in [-0.4, -0.2) is 49.1 Å². The van der Waals surface area contributed by atoms with E-state index in [2.05, 4.69) is 4.74 Å². The molecule has 4 rings (SSSR count). The fourth-order valence-corrected chi connectivity index (χ4v) is 4.29. The molecule has 0 bridgehead atoms. The van der Waals surface area contributed by atoms with Gasteiger partial charge in [0.15, 0.2) is 29.6 Å². The van der Waals surface area contributed by atoms with Crippen molar-refractivity contribution in [2.24, 2.45) is 0 Å². The summed E-state index contributed by atoms with van der Waals surface area (Å²) in [5.41, 5.74) is 1.20. The molecule has 0 unspecified atom stereocenters. The first kappa shape index (κ1) is 23.8. The van der Waals surface area contributed by atoms with Crippen molar-refractivity contribution in [2.75, 3.05) is 27.1 Å². The van der Waals surface area contributed by atoms with E-state index in [0.29, 0.717) is 45.8 Å². The molecule has 0 aliphatic carbocycles. The van der Waals surface area contributed by atoms with E-state index < -0.39 is 17.1 Å². The van der Waals surface area contributed by atoms with Crippen LogP contribution in [0.2, 0.25) is 5.02 Å². The summed E-state index contributed by atoms with van der Waals surface area (Å²) in [6.45, 7) is 2.00. The van der Waals surface area contributed by atoms with Crippen LogP contribution >= 0.6 is 23.4 Å². The molecule has 0 spiro atoms. The van der Waals surface area contributed by atoms with Crippen molar-refractivity contribution in [1.82, 2.24) is 4.90 Å². The number of amides is 2. The molecule has 34 heavy (non-hydrogen) atoms. The Labute approximate surface area is 204 Å². The maximum Gasteiger partial charge on any atom is 0.343 e. The van der Waals surface area contributed by atoms with Gasteiger partial charge in [0.05, 0.1) is 25.2 Å². The first-order valence-electron chi connectivity index (χ1n) is 10.2. The molecular weight excluding hydrogens is 486 g/mol. The van der Waals surface area contributed by atoms with E-state index in [1.54, 1.807) is 36.4 Å². The van der Waals surface area contributed by atoms with E-state index in [9.17, 15) is 14.4 Å². The van der Waals surface area contributed by atoms with Crippen molar-refractivity contribution >= 4 is 46.6 Å². The third-order valence-electron chi connectivity index (χ3n) is 4.88. The van der Waals surface area contributed by atoms with Crippen LogP contribution in [0.1, 0.15) is 18.1 Å². The van der Waals surface area contributed by atoms with E-state index in [1.807, 2.05) is 6.92 Å². The standard InChI is InChI=1S/C23H20ClNO8S/c1-3-30-17-6-13(4-5-16(17)31-11-21(26)29-2)7-20-22(27)25(23(28)34-20)10-14-8-18-19(9-15(14)24)33-12-32-18/h4-9H,3,10-12H2,1-2H3/b20-7-. The summed E-state index contributed by atoms with van der Waals surface area (Å²) in [5.74, 6) is 0.823. The second kappa shape index (κ2) is 10.3. The summed E-state index contributed by atoms with van der Waals surface area (Å²) < 4.78 is 26.3. The number of ether oxygens (including phenoxy) is 5. The van der Waals surface area contributed by atoms with Gasteiger partial charge in [0.25, 0.3) is 11.1 Å². The number of carbonyl (C=O) groups is 3. The zero-order valence-corrected chi connectivity index (χ0v) is 19.9. The summed E-state index contributed by atoms with van der Waals surface area (Å²) in [5, 5.41) is -0.0378. The van der Waals surface area contributed by atoms with Gasteiger partial charge < -0.3 is 23.7 Å². The number of benzene rings is 2. The number of nitrogens with zero attached hydrogens (tertiary/aromatic N) is 1. The number of halogens is 1. The quantitative estimate of drug-likeness (QED) is 0.385. The SMILES string of the molecule is CCOc1cc(/C=C2\SC(=O)N(Cc3cc4c(cc3Cl)OCO4)C2=O)ccc1OCC(=O)OC. The second-order valence-corrected chi connectivity index (χ2v) is 8.47. The van der Waals surface area contributed by atoms with Crippen LogP contribution in [0.5, 0.6) is 23.0 Å². The molecule has 2 aromatic carbocycles. The van der Waals surface area contributed by atoms with Crippen molar-refractivity contribution in [3.05, 3.63) is 51.4 Å². The highest BCUT2D eigenvalue weighted by molar-refractivity contribution is 8.18. The van der Waals surface area contributed by atoms with Gasteiger partial charge in [-0.3, -0.25) is 14.5 Å². The Morgan fingerprint density at radius 1 is 1.15 bits per heavy atom. The minimum absolute atomic E-state index is 0.00197. The molecule has 2 aliphatic rings. The Hall–Kier alpha value is -3.37. The lowest BCUT2D eigenvalue weighted by Gasteiger charge is -2.14. The van der Waals surface area contributed by atoms with Crippen LogP contribution in [-0.2, 0) is 20.9 Å². The fraction of sp³-hybridized carbons (Fsp3) is 0.261. The Morgan fingerprint density at radius 3 is 2.65 bits per heavy atom. The van der Waals surface area contributed by atoms with E-state index in [0.717, 1.165) is 16.7 Å². The van der Waals surface area contributed by atoms with Crippen LogP contribution in [0.25, 0.3) is 6.08 Å². The molecule has 178 valence electrons. The summed E-state index contributed by atoms with van der Waals surface area (Å²) >= 11 is 7.14. The van der Waals surface area contributed by atoms with Gasteiger partial charge in [0.1, 0.15) is 0 Å². The monoisotopic (exact) mass is 505 g/mol. The molecule has 0 saturated carbocycles. The summed E-state index contributed by atoms with van der Waals surface area (Å²) in [6.07, 6.45) is 1.60. The van der Waals surface area contributed by atoms with E-state index >= 15 is 0 Å². The second-order valence-electron chi connectivity index (χ2n) is 7.07. The molecule has 0 radical (unpaired) electrons. The minimum atomic E-state index is -0.525. The lowest BCUT2D eigenvalue weighted by atomic mass is 10.1. The predicted octanol–water partition coefficient (Wildman–Crippen LogP) is 4.26. The van der Waals surface area contributed by atoms with Crippen molar-refractivity contribution in [3.63, 3.8) is 0 Å². The van der Waals surface area contributed by atoms with Crippen molar-refractivity contribution in [3.8, 4) is 23.0 Å². The van der Waals surface area contributed by atoms with Gasteiger partial charge >= 0.3 is 5.97 Å². The number of hydrogen-bond acceptors (Lipinski definition) is 9. The number of thioether (sulfide) groups is 1. The van der Waals surface area contributed by atoms with E-state index in [4.69, 9.17) is 30.5 Å². The molecule has 9 nitrogen and oxygen atoms in total. The highest BCUT2D eigenvalue weighted by atomic mass is 35.5. The zero-order valence-electron chi connectivity index (χ0n) is 18.3. The fourth-order valence-electron chi connectivity index (χ4n) is 3.24. The summed E-state index contributed by atoms with van der Waals surface area (Å²) in [6, 6.07) is 8.25. The third kappa shape index (κ3) is 5.07. The highest BCUT2D eigenvalue weighted by Crippen LogP contribution is 2.40. The predicted molar refractivity (Wildman–Crippen MR) is 124 cm³/mol. The number of fused-ring (bicyclic) bond motifs is 1. The average molecular weight is 506 g/mol. The lowest BCUT2D eigenvalue weighted by Crippen LogP contribution is -2.27. The van der Waals surface area contributed by atoms with E-state index in [-0.39, 0.29) is 24.8 Å². The van der Waals surface area contributed by atoms with Gasteiger partial charge in [-0.15, -0.1) is 0 Å². The molecule has 2 aliphatic heterocycles. The maximum atomic E-state index is 13.0. The molecule has 11 heteroatoms. The molecule has 0 atom stereocenters. The number of imide groups is 1. The minimum Gasteiger partial charge on any atom is -0.490 e. The van der Waals surface area contributed by atoms with Crippen LogP contribution in [0.4, 0.5) is 4.79 Å². The molecule has 1 fully saturated rings. The lowest BCUT2D eigenvalue weighted by molar-refractivity contribution is -0.143. The summed E-state index contributed by atoms with van der Waals surface area (Å²) in [7, 11) is 1.27. The third-order valence-corrected chi connectivity index (χ3v) is 6.14. The van der Waals surface area contributed by atoms with E-state index in [1.165, 1.54) is 7.11 Å². The van der Waals surface area contributed by atoms with Crippen molar-refractivity contribution in [2.45, 2.75) is 13.5 Å². The van der Waals surface area contributed by atoms with Crippen molar-refractivity contribution in [1.29, 1.82) is 0 Å². The summed E-state index contributed by atoms with van der Waals surface area (Å²) in [4.78, 5) is 38.3. The molecule has 2 heterocycles. The van der Waals surface area contributed by atoms with Crippen LogP contribution in [0, 0.1) is 0 Å². The van der Waals surface area contributed by atoms with Crippen LogP contribution in [0.15, 0.2) is 35.2 Å². The highest BCUT2D eigenvalue weighted by Gasteiger charge is 2.35. The van der Waals surface area contributed by atoms with Crippen LogP contribution < -0.4 is 18.9 Å². The van der Waals surface area contributed by atoms with Crippen LogP contribution in [0.3, 0.4) is 0 Å². The number of carbonyl (C=O) groups excluding carboxylic acids is 3. The number of rotatable bonds is 8. The Bertz CT molecular complexity index is 1180. The molecule has 0 aromatic heterocycles. The van der Waals surface area contributed by atoms with Gasteiger partial charge in [0.2, 0.25) is 6.79 Å². The number of hydrogen-bond donors (Lipinski definition) is 0. The van der Waals surface area contributed by atoms with Gasteiger partial charge in [-0.1, -0.05) is 17.7 Å². The zero-order chi connectivity index (χ0) is 24.2. The van der Waals surface area contributed by atoms with Gasteiger partial charge in [-0.25, -0.2) is 4.79 Å². The largest absolute Gasteiger partial charge is 0.490 e.